The molecule has 0 fully saturated rings. The van der Waals surface area contributed by atoms with Crippen molar-refractivity contribution in [2.75, 3.05) is 6.26 Å². The summed E-state index contributed by atoms with van der Waals surface area (Å²) in [7, 11) is 0. The summed E-state index contributed by atoms with van der Waals surface area (Å²) in [6.07, 6.45) is 5.46. The maximum Gasteiger partial charge on any atom is 0.187 e. The summed E-state index contributed by atoms with van der Waals surface area (Å²) in [5.74, 6) is 0. The topological polar surface area (TPSA) is 25.8 Å². The molecular weight excluding hydrogens is 180 g/mol. The molecule has 0 radical (unpaired) electrons. The largest absolute Gasteiger partial charge is 0.231 e. The average molecular weight is 189 g/mol. The third kappa shape index (κ3) is 2.34. The van der Waals surface area contributed by atoms with E-state index in [4.69, 9.17) is 11.6 Å². The van der Waals surface area contributed by atoms with Gasteiger partial charge in [-0.15, -0.1) is 11.6 Å². The summed E-state index contributed by atoms with van der Waals surface area (Å²) < 4.78 is 0. The van der Waals surface area contributed by atoms with Crippen molar-refractivity contribution in [1.82, 2.24) is 9.97 Å². The van der Waals surface area contributed by atoms with Crippen LogP contribution in [0, 0.1) is 0 Å². The Balaban J connectivity index is 2.83. The van der Waals surface area contributed by atoms with Crippen LogP contribution in [-0.4, -0.2) is 16.2 Å². The Labute approximate surface area is 75.4 Å². The minimum atomic E-state index is -0.00842. The Bertz CT molecular complexity index is 222. The molecule has 2 nitrogen and oxygen atoms in total. The van der Waals surface area contributed by atoms with Gasteiger partial charge >= 0.3 is 0 Å². The molecule has 0 saturated carbocycles. The van der Waals surface area contributed by atoms with Gasteiger partial charge in [0.05, 0.1) is 5.38 Å². The van der Waals surface area contributed by atoms with Crippen LogP contribution in [0.15, 0.2) is 17.6 Å². The Morgan fingerprint density at radius 3 is 2.36 bits per heavy atom. The van der Waals surface area contributed by atoms with Crippen LogP contribution in [0.1, 0.15) is 17.9 Å². The van der Waals surface area contributed by atoms with Crippen molar-refractivity contribution >= 4 is 23.4 Å². The van der Waals surface area contributed by atoms with Gasteiger partial charge in [-0.2, -0.15) is 0 Å². The van der Waals surface area contributed by atoms with E-state index in [2.05, 4.69) is 9.97 Å². The summed E-state index contributed by atoms with van der Waals surface area (Å²) in [4.78, 5) is 8.17. The number of halogens is 1. The van der Waals surface area contributed by atoms with Crippen LogP contribution < -0.4 is 0 Å². The predicted molar refractivity (Wildman–Crippen MR) is 48.1 cm³/mol. The highest BCUT2D eigenvalue weighted by atomic mass is 35.5. The Kier molecular flexibility index (Phi) is 3.15. The van der Waals surface area contributed by atoms with Crippen LogP contribution in [-0.2, 0) is 0 Å². The number of hydrogen-bond donors (Lipinski definition) is 0. The maximum absolute atomic E-state index is 5.81. The standard InChI is InChI=1S/C7H9ClN2S/c1-5(8)6-3-9-7(11-2)10-4-6/h3-5H,1-2H3/t5-/m0/s1. The van der Waals surface area contributed by atoms with Crippen molar-refractivity contribution in [3.63, 3.8) is 0 Å². The first-order valence-corrected chi connectivity index (χ1v) is 4.90. The van der Waals surface area contributed by atoms with Crippen LogP contribution in [0.2, 0.25) is 0 Å². The van der Waals surface area contributed by atoms with E-state index in [1.807, 2.05) is 13.2 Å². The zero-order valence-electron chi connectivity index (χ0n) is 6.41. The summed E-state index contributed by atoms with van der Waals surface area (Å²) in [5.41, 5.74) is 0.962. The van der Waals surface area contributed by atoms with E-state index in [-0.39, 0.29) is 5.38 Å². The molecule has 1 rings (SSSR count). The predicted octanol–water partition coefficient (Wildman–Crippen LogP) is 2.50. The lowest BCUT2D eigenvalue weighted by atomic mass is 10.3. The number of rotatable bonds is 2. The second kappa shape index (κ2) is 3.93. The smallest absolute Gasteiger partial charge is 0.187 e. The molecule has 0 N–H and O–H groups in total. The van der Waals surface area contributed by atoms with Gasteiger partial charge in [0.15, 0.2) is 5.16 Å². The second-order valence-corrected chi connectivity index (χ2v) is 3.55. The monoisotopic (exact) mass is 188 g/mol. The molecular formula is C7H9ClN2S. The van der Waals surface area contributed by atoms with Crippen molar-refractivity contribution in [3.05, 3.63) is 18.0 Å². The molecule has 1 atom stereocenters. The van der Waals surface area contributed by atoms with Gasteiger partial charge < -0.3 is 0 Å². The molecule has 0 spiro atoms. The van der Waals surface area contributed by atoms with Gasteiger partial charge in [0.1, 0.15) is 0 Å². The first-order valence-electron chi connectivity index (χ1n) is 3.24. The number of hydrogen-bond acceptors (Lipinski definition) is 3. The van der Waals surface area contributed by atoms with E-state index >= 15 is 0 Å². The van der Waals surface area contributed by atoms with Gasteiger partial charge in [0.2, 0.25) is 0 Å². The van der Waals surface area contributed by atoms with Crippen molar-refractivity contribution in [1.29, 1.82) is 0 Å². The summed E-state index contributed by atoms with van der Waals surface area (Å²) in [5, 5.41) is 0.775. The average Bonchev–Trinajstić information content (AvgIpc) is 2.05. The minimum absolute atomic E-state index is 0.00842. The molecule has 0 amide bonds. The molecule has 1 heterocycles. The summed E-state index contributed by atoms with van der Waals surface area (Å²) in [6, 6.07) is 0. The molecule has 11 heavy (non-hydrogen) atoms. The zero-order chi connectivity index (χ0) is 8.27. The highest BCUT2D eigenvalue weighted by molar-refractivity contribution is 7.98. The SMILES string of the molecule is CSc1ncc([C@H](C)Cl)cn1. The maximum atomic E-state index is 5.81. The Hall–Kier alpha value is -0.280. The molecule has 0 aliphatic heterocycles. The van der Waals surface area contributed by atoms with Crippen molar-refractivity contribution in [3.8, 4) is 0 Å². The van der Waals surface area contributed by atoms with Crippen LogP contribution in [0.25, 0.3) is 0 Å². The quantitative estimate of drug-likeness (QED) is 0.405. The van der Waals surface area contributed by atoms with Crippen molar-refractivity contribution in [2.45, 2.75) is 17.5 Å². The van der Waals surface area contributed by atoms with Gasteiger partial charge in [0, 0.05) is 18.0 Å². The Morgan fingerprint density at radius 2 is 2.00 bits per heavy atom. The molecule has 4 heteroatoms. The fourth-order valence-corrected chi connectivity index (χ4v) is 1.07. The molecule has 1 aromatic rings. The van der Waals surface area contributed by atoms with Crippen molar-refractivity contribution < 1.29 is 0 Å². The molecule has 0 unspecified atom stereocenters. The van der Waals surface area contributed by atoms with E-state index in [0.29, 0.717) is 0 Å². The molecule has 0 bridgehead atoms. The zero-order valence-corrected chi connectivity index (χ0v) is 7.99. The number of aromatic nitrogens is 2. The molecule has 0 saturated heterocycles. The van der Waals surface area contributed by atoms with Crippen LogP contribution in [0.3, 0.4) is 0 Å². The number of thioether (sulfide) groups is 1. The van der Waals surface area contributed by atoms with Crippen LogP contribution in [0.5, 0.6) is 0 Å². The lowest BCUT2D eigenvalue weighted by Crippen LogP contribution is -1.90. The van der Waals surface area contributed by atoms with Gasteiger partial charge in [-0.3, -0.25) is 0 Å². The van der Waals surface area contributed by atoms with Gasteiger partial charge in [0.25, 0.3) is 0 Å². The second-order valence-electron chi connectivity index (χ2n) is 2.12. The summed E-state index contributed by atoms with van der Waals surface area (Å²) >= 11 is 7.34. The molecule has 0 aliphatic rings. The lowest BCUT2D eigenvalue weighted by Gasteiger charge is -2.01. The third-order valence-corrected chi connectivity index (χ3v) is 2.12. The molecule has 0 aliphatic carbocycles. The number of nitrogens with zero attached hydrogens (tertiary/aromatic N) is 2. The van der Waals surface area contributed by atoms with Crippen LogP contribution >= 0.6 is 23.4 Å². The third-order valence-electron chi connectivity index (χ3n) is 1.29. The molecule has 0 aromatic carbocycles. The fraction of sp³-hybridized carbons (Fsp3) is 0.429. The fourth-order valence-electron chi connectivity index (χ4n) is 0.637. The first-order chi connectivity index (χ1) is 5.24. The molecule has 1 aromatic heterocycles. The van der Waals surface area contributed by atoms with Gasteiger partial charge in [-0.25, -0.2) is 9.97 Å². The van der Waals surface area contributed by atoms with E-state index in [9.17, 15) is 0 Å². The van der Waals surface area contributed by atoms with Gasteiger partial charge in [-0.05, 0) is 13.2 Å². The minimum Gasteiger partial charge on any atom is -0.231 e. The van der Waals surface area contributed by atoms with Gasteiger partial charge in [-0.1, -0.05) is 11.8 Å². The first kappa shape index (κ1) is 8.81. The van der Waals surface area contributed by atoms with E-state index < -0.39 is 0 Å². The highest BCUT2D eigenvalue weighted by Crippen LogP contribution is 2.18. The molecule has 60 valence electrons. The van der Waals surface area contributed by atoms with E-state index in [1.165, 1.54) is 11.8 Å². The lowest BCUT2D eigenvalue weighted by molar-refractivity contribution is 0.916. The Morgan fingerprint density at radius 1 is 1.45 bits per heavy atom. The van der Waals surface area contributed by atoms with Crippen LogP contribution in [0.4, 0.5) is 0 Å². The van der Waals surface area contributed by atoms with E-state index in [1.54, 1.807) is 12.4 Å². The normalized spacial score (nSPS) is 13.0. The number of alkyl halides is 1. The summed E-state index contributed by atoms with van der Waals surface area (Å²) in [6.45, 7) is 1.90. The highest BCUT2D eigenvalue weighted by Gasteiger charge is 2.01. The van der Waals surface area contributed by atoms with E-state index in [0.717, 1.165) is 10.7 Å². The van der Waals surface area contributed by atoms with Crippen molar-refractivity contribution in [2.24, 2.45) is 0 Å².